The van der Waals surface area contributed by atoms with E-state index in [2.05, 4.69) is 38.3 Å². The summed E-state index contributed by atoms with van der Waals surface area (Å²) in [6.07, 6.45) is -3.79. The highest BCUT2D eigenvalue weighted by atomic mass is 19.4. The predicted octanol–water partition coefficient (Wildman–Crippen LogP) is 2.62. The summed E-state index contributed by atoms with van der Waals surface area (Å²) in [6.45, 7) is 2.00. The van der Waals surface area contributed by atoms with Crippen molar-refractivity contribution in [1.29, 1.82) is 0 Å². The van der Waals surface area contributed by atoms with Crippen LogP contribution in [0.2, 0.25) is 0 Å². The molecule has 30 heavy (non-hydrogen) atoms. The fraction of sp³-hybridized carbons (Fsp3) is 0.350. The second-order valence-corrected chi connectivity index (χ2v) is 7.22. The van der Waals surface area contributed by atoms with Crippen LogP contribution in [0.5, 0.6) is 5.75 Å². The molecule has 0 unspecified atom stereocenters. The van der Waals surface area contributed by atoms with Crippen LogP contribution in [-0.2, 0) is 12.7 Å². The molecule has 3 N–H and O–H groups in total. The van der Waals surface area contributed by atoms with E-state index < -0.39 is 12.0 Å². The molecule has 2 atom stereocenters. The average molecular weight is 418 g/mol. The number of nitrogens with zero attached hydrogens (tertiary/aromatic N) is 4. The van der Waals surface area contributed by atoms with Gasteiger partial charge in [0.1, 0.15) is 5.75 Å². The van der Waals surface area contributed by atoms with E-state index in [4.69, 9.17) is 0 Å². The van der Waals surface area contributed by atoms with E-state index in [1.54, 1.807) is 0 Å². The number of tetrazole rings is 1. The van der Waals surface area contributed by atoms with Crippen LogP contribution in [0.15, 0.2) is 48.5 Å². The van der Waals surface area contributed by atoms with Crippen LogP contribution < -0.4 is 10.6 Å². The second kappa shape index (κ2) is 8.41. The monoisotopic (exact) mass is 418 g/mol. The van der Waals surface area contributed by atoms with E-state index in [0.717, 1.165) is 19.5 Å². The maximum atomic E-state index is 13.1. The van der Waals surface area contributed by atoms with E-state index >= 15 is 0 Å². The average Bonchev–Trinajstić information content (AvgIpc) is 3.25. The first-order valence-corrected chi connectivity index (χ1v) is 9.60. The molecule has 7 nitrogen and oxygen atoms in total. The number of phenols is 1. The summed E-state index contributed by atoms with van der Waals surface area (Å²) in [5, 5.41) is 26.8. The highest BCUT2D eigenvalue weighted by Gasteiger charge is 2.38. The molecule has 1 aromatic heterocycles. The maximum absolute atomic E-state index is 13.1. The van der Waals surface area contributed by atoms with Crippen LogP contribution in [0.1, 0.15) is 29.3 Å². The number of halogens is 3. The lowest BCUT2D eigenvalue weighted by Crippen LogP contribution is -2.45. The summed E-state index contributed by atoms with van der Waals surface area (Å²) in [5.74, 6) is -0.964. The molecule has 2 heterocycles. The minimum Gasteiger partial charge on any atom is -0.508 e. The Morgan fingerprint density at radius 2 is 1.97 bits per heavy atom. The lowest BCUT2D eigenvalue weighted by molar-refractivity contribution is -0.146. The summed E-state index contributed by atoms with van der Waals surface area (Å²) in [7, 11) is 0. The van der Waals surface area contributed by atoms with Gasteiger partial charge in [0.15, 0.2) is 0 Å². The normalized spacial score (nSPS) is 19.7. The number of phenolic OH excluding ortho intramolecular Hbond substituents is 1. The van der Waals surface area contributed by atoms with E-state index in [1.165, 1.54) is 23.8 Å². The molecule has 158 valence electrons. The Hall–Kier alpha value is -2.98. The van der Waals surface area contributed by atoms with Crippen LogP contribution in [-0.4, -0.2) is 44.4 Å². The Bertz CT molecular complexity index is 992. The van der Waals surface area contributed by atoms with Crippen molar-refractivity contribution in [2.24, 2.45) is 0 Å². The summed E-state index contributed by atoms with van der Waals surface area (Å²) in [4.78, 5) is 0. The zero-order chi connectivity index (χ0) is 21.1. The van der Waals surface area contributed by atoms with Gasteiger partial charge in [-0.05, 0) is 47.2 Å². The largest absolute Gasteiger partial charge is 0.508 e. The number of aromatic nitrogens is 4. The third kappa shape index (κ3) is 4.29. The van der Waals surface area contributed by atoms with E-state index in [-0.39, 0.29) is 23.4 Å². The van der Waals surface area contributed by atoms with Gasteiger partial charge in [0.2, 0.25) is 0 Å². The van der Waals surface area contributed by atoms with Gasteiger partial charge >= 0.3 is 6.18 Å². The molecule has 2 aromatic carbocycles. The second-order valence-electron chi connectivity index (χ2n) is 7.22. The molecular weight excluding hydrogens is 397 g/mol. The fourth-order valence-electron chi connectivity index (χ4n) is 3.78. The zero-order valence-corrected chi connectivity index (χ0v) is 16.0. The van der Waals surface area contributed by atoms with Gasteiger partial charge in [-0.3, -0.25) is 0 Å². The highest BCUT2D eigenvalue weighted by molar-refractivity contribution is 5.43. The Morgan fingerprint density at radius 3 is 2.73 bits per heavy atom. The number of alkyl halides is 3. The molecular formula is C20H21F3N6O. The Balaban J connectivity index is 1.54. The lowest BCUT2D eigenvalue weighted by Gasteiger charge is -2.33. The summed E-state index contributed by atoms with van der Waals surface area (Å²) < 4.78 is 40.0. The first kappa shape index (κ1) is 20.3. The van der Waals surface area contributed by atoms with Gasteiger partial charge in [0.05, 0.1) is 5.69 Å². The molecule has 0 radical (unpaired) electrons. The maximum Gasteiger partial charge on any atom is 0.453 e. The molecule has 1 aliphatic heterocycles. The molecule has 0 bridgehead atoms. The highest BCUT2D eigenvalue weighted by Crippen LogP contribution is 2.30. The number of benzene rings is 2. The van der Waals surface area contributed by atoms with Crippen LogP contribution in [0.3, 0.4) is 0 Å². The minimum absolute atomic E-state index is 0.00178. The number of hydrogen-bond acceptors (Lipinski definition) is 6. The van der Waals surface area contributed by atoms with Gasteiger partial charge in [0.25, 0.3) is 5.82 Å². The number of nitrogens with one attached hydrogen (secondary N) is 2. The number of hydrogen-bond donors (Lipinski definition) is 3. The number of piperidine rings is 1. The molecule has 1 fully saturated rings. The molecule has 0 spiro atoms. The van der Waals surface area contributed by atoms with Gasteiger partial charge in [-0.1, -0.05) is 30.3 Å². The molecule has 3 aromatic rings. The summed E-state index contributed by atoms with van der Waals surface area (Å²) >= 11 is 0. The smallest absolute Gasteiger partial charge is 0.453 e. The Labute approximate surface area is 170 Å². The third-order valence-corrected chi connectivity index (χ3v) is 5.30. The Kier molecular flexibility index (Phi) is 5.69. The van der Waals surface area contributed by atoms with Gasteiger partial charge in [-0.15, -0.1) is 5.10 Å². The van der Waals surface area contributed by atoms with E-state index in [1.807, 2.05) is 18.2 Å². The third-order valence-electron chi connectivity index (χ3n) is 5.30. The first-order valence-electron chi connectivity index (χ1n) is 9.60. The van der Waals surface area contributed by atoms with E-state index in [9.17, 15) is 18.3 Å². The van der Waals surface area contributed by atoms with Crippen molar-refractivity contribution in [3.8, 4) is 11.4 Å². The summed E-state index contributed by atoms with van der Waals surface area (Å²) in [6, 6.07) is 14.5. The van der Waals surface area contributed by atoms with Gasteiger partial charge in [-0.2, -0.15) is 17.9 Å². The topological polar surface area (TPSA) is 87.9 Å². The molecule has 0 amide bonds. The van der Waals surface area contributed by atoms with Crippen LogP contribution >= 0.6 is 0 Å². The van der Waals surface area contributed by atoms with Crippen molar-refractivity contribution < 1.29 is 18.3 Å². The molecule has 0 saturated carbocycles. The lowest BCUT2D eigenvalue weighted by atomic mass is 9.87. The van der Waals surface area contributed by atoms with Crippen LogP contribution in [0.4, 0.5) is 13.2 Å². The van der Waals surface area contributed by atoms with Crippen molar-refractivity contribution in [3.05, 3.63) is 65.5 Å². The van der Waals surface area contributed by atoms with Gasteiger partial charge < -0.3 is 15.7 Å². The molecule has 1 aliphatic rings. The van der Waals surface area contributed by atoms with Crippen LogP contribution in [0, 0.1) is 0 Å². The standard InChI is InChI=1S/C20H21F3N6O/c21-20(22,23)19-26-27-28-29(19)15-6-7-18(30)14(10-15)11-25-17-8-9-24-12-16(17)13-4-2-1-3-5-13/h1-7,10,16-17,24-25,30H,8-9,11-12H2/t16-,17-/m0/s1. The predicted molar refractivity (Wildman–Crippen MR) is 103 cm³/mol. The van der Waals surface area contributed by atoms with E-state index in [0.29, 0.717) is 16.8 Å². The van der Waals surface area contributed by atoms with Crippen molar-refractivity contribution >= 4 is 0 Å². The summed E-state index contributed by atoms with van der Waals surface area (Å²) in [5.41, 5.74) is 1.82. The first-order chi connectivity index (χ1) is 14.4. The Morgan fingerprint density at radius 1 is 1.17 bits per heavy atom. The van der Waals surface area contributed by atoms with Crippen molar-refractivity contribution in [2.75, 3.05) is 13.1 Å². The number of rotatable bonds is 5. The van der Waals surface area contributed by atoms with Gasteiger partial charge in [-0.25, -0.2) is 0 Å². The van der Waals surface area contributed by atoms with Crippen molar-refractivity contribution in [2.45, 2.75) is 31.1 Å². The van der Waals surface area contributed by atoms with Crippen molar-refractivity contribution in [1.82, 2.24) is 30.8 Å². The van der Waals surface area contributed by atoms with Crippen LogP contribution in [0.25, 0.3) is 5.69 Å². The SMILES string of the molecule is Oc1ccc(-n2nnnc2C(F)(F)F)cc1CN[C@H]1CCNC[C@H]1c1ccccc1. The molecule has 0 aliphatic carbocycles. The molecule has 10 heteroatoms. The van der Waals surface area contributed by atoms with Gasteiger partial charge in [0, 0.05) is 30.6 Å². The molecule has 4 rings (SSSR count). The minimum atomic E-state index is -4.68. The zero-order valence-electron chi connectivity index (χ0n) is 16.0. The quantitative estimate of drug-likeness (QED) is 0.591. The van der Waals surface area contributed by atoms with Crippen molar-refractivity contribution in [3.63, 3.8) is 0 Å². The molecule has 1 saturated heterocycles. The fourth-order valence-corrected chi connectivity index (χ4v) is 3.78. The number of aromatic hydroxyl groups is 1.